The molecule has 31 heavy (non-hydrogen) atoms. The maximum absolute atomic E-state index is 13.0. The van der Waals surface area contributed by atoms with Crippen molar-refractivity contribution < 1.29 is 23.9 Å². The quantitative estimate of drug-likeness (QED) is 0.528. The van der Waals surface area contributed by atoms with Gasteiger partial charge in [0.15, 0.2) is 11.5 Å². The van der Waals surface area contributed by atoms with Crippen LogP contribution in [0, 0.1) is 0 Å². The molecule has 0 aliphatic carbocycles. The lowest BCUT2D eigenvalue weighted by Gasteiger charge is -2.22. The molecular formula is C22H26BrN3O5. The number of primary amides is 1. The van der Waals surface area contributed by atoms with Crippen molar-refractivity contribution in [1.82, 2.24) is 4.90 Å². The molecule has 166 valence electrons. The lowest BCUT2D eigenvalue weighted by Crippen LogP contribution is -2.33. The molecule has 3 amide bonds. The number of anilines is 1. The van der Waals surface area contributed by atoms with Crippen molar-refractivity contribution in [3.8, 4) is 11.5 Å². The Morgan fingerprint density at radius 2 is 1.77 bits per heavy atom. The van der Waals surface area contributed by atoms with Crippen LogP contribution in [-0.2, 0) is 4.79 Å². The summed E-state index contributed by atoms with van der Waals surface area (Å²) >= 11 is 3.42. The molecule has 0 heterocycles. The Labute approximate surface area is 189 Å². The highest BCUT2D eigenvalue weighted by atomic mass is 79.9. The van der Waals surface area contributed by atoms with Gasteiger partial charge >= 0.3 is 0 Å². The summed E-state index contributed by atoms with van der Waals surface area (Å²) in [4.78, 5) is 38.0. The normalized spacial score (nSPS) is 10.3. The predicted octanol–water partition coefficient (Wildman–Crippen LogP) is 3.45. The smallest absolute Gasteiger partial charge is 0.254 e. The first-order valence-corrected chi connectivity index (χ1v) is 10.6. The number of carbonyl (C=O) groups is 3. The molecule has 0 aromatic heterocycles. The van der Waals surface area contributed by atoms with Crippen LogP contribution < -0.4 is 20.5 Å². The molecule has 0 fully saturated rings. The molecule has 2 rings (SSSR count). The van der Waals surface area contributed by atoms with Crippen LogP contribution in [0.3, 0.4) is 0 Å². The highest BCUT2D eigenvalue weighted by Gasteiger charge is 2.20. The summed E-state index contributed by atoms with van der Waals surface area (Å²) in [6.45, 7) is 4.85. The first-order chi connectivity index (χ1) is 14.8. The summed E-state index contributed by atoms with van der Waals surface area (Å²) in [5.74, 6) is -0.0154. The summed E-state index contributed by atoms with van der Waals surface area (Å²) in [6.07, 6.45) is 0.118. The van der Waals surface area contributed by atoms with Gasteiger partial charge in [0, 0.05) is 36.3 Å². The van der Waals surface area contributed by atoms with Gasteiger partial charge in [-0.05, 0) is 66.2 Å². The molecule has 0 aliphatic heterocycles. The molecule has 8 nitrogen and oxygen atoms in total. The van der Waals surface area contributed by atoms with Gasteiger partial charge in [-0.3, -0.25) is 14.4 Å². The van der Waals surface area contributed by atoms with Crippen LogP contribution in [0.25, 0.3) is 0 Å². The van der Waals surface area contributed by atoms with E-state index >= 15 is 0 Å². The Balaban J connectivity index is 2.03. The van der Waals surface area contributed by atoms with Crippen molar-refractivity contribution in [3.05, 3.63) is 52.0 Å². The fourth-order valence-corrected chi connectivity index (χ4v) is 3.45. The fourth-order valence-electron chi connectivity index (χ4n) is 2.89. The second-order valence-electron chi connectivity index (χ2n) is 6.55. The van der Waals surface area contributed by atoms with E-state index < -0.39 is 5.91 Å². The van der Waals surface area contributed by atoms with Gasteiger partial charge in [-0.15, -0.1) is 0 Å². The third-order valence-electron chi connectivity index (χ3n) is 4.50. The number of nitrogens with two attached hydrogens (primary N) is 1. The standard InChI is InChI=1S/C22H26BrN3O5/c1-4-26(11-10-19(27)25-16-8-6-14(7-9-16)21(24)28)22(29)15-12-17(23)20(31-5-2)18(13-15)30-3/h6-9,12-13H,4-5,10-11H2,1-3H3,(H2,24,28)(H,25,27). The maximum Gasteiger partial charge on any atom is 0.254 e. The minimum Gasteiger partial charge on any atom is -0.493 e. The fraction of sp³-hybridized carbons (Fsp3) is 0.318. The van der Waals surface area contributed by atoms with Crippen LogP contribution >= 0.6 is 15.9 Å². The Morgan fingerprint density at radius 1 is 1.10 bits per heavy atom. The Morgan fingerprint density at radius 3 is 2.32 bits per heavy atom. The van der Waals surface area contributed by atoms with Gasteiger partial charge < -0.3 is 25.4 Å². The number of nitrogens with one attached hydrogen (secondary N) is 1. The van der Waals surface area contributed by atoms with Crippen LogP contribution in [0.15, 0.2) is 40.9 Å². The van der Waals surface area contributed by atoms with Crippen LogP contribution in [-0.4, -0.2) is 49.4 Å². The molecule has 0 aliphatic rings. The number of carbonyl (C=O) groups excluding carboxylic acids is 3. The molecule has 0 unspecified atom stereocenters. The number of rotatable bonds is 10. The number of ether oxygens (including phenoxy) is 2. The molecular weight excluding hydrogens is 466 g/mol. The number of amides is 3. The zero-order chi connectivity index (χ0) is 23.0. The first kappa shape index (κ1) is 24.2. The second-order valence-corrected chi connectivity index (χ2v) is 7.40. The van der Waals surface area contributed by atoms with Gasteiger partial charge in [0.05, 0.1) is 18.2 Å². The van der Waals surface area contributed by atoms with E-state index in [9.17, 15) is 14.4 Å². The molecule has 0 saturated carbocycles. The SMILES string of the molecule is CCOc1c(Br)cc(C(=O)N(CC)CCC(=O)Nc2ccc(C(N)=O)cc2)cc1OC. The third-order valence-corrected chi connectivity index (χ3v) is 5.08. The highest BCUT2D eigenvalue weighted by Crippen LogP contribution is 2.37. The molecule has 0 radical (unpaired) electrons. The van der Waals surface area contributed by atoms with Gasteiger partial charge in [-0.25, -0.2) is 0 Å². The van der Waals surface area contributed by atoms with E-state index in [0.29, 0.717) is 45.9 Å². The number of halogens is 1. The van der Waals surface area contributed by atoms with Gasteiger partial charge in [-0.2, -0.15) is 0 Å². The largest absolute Gasteiger partial charge is 0.493 e. The second kappa shape index (κ2) is 11.4. The minimum absolute atomic E-state index is 0.118. The van der Waals surface area contributed by atoms with Crippen LogP contribution in [0.4, 0.5) is 5.69 Å². The van der Waals surface area contributed by atoms with E-state index in [1.807, 2.05) is 13.8 Å². The zero-order valence-corrected chi connectivity index (χ0v) is 19.3. The average Bonchev–Trinajstić information content (AvgIpc) is 2.75. The molecule has 9 heteroatoms. The van der Waals surface area contributed by atoms with E-state index in [1.54, 1.807) is 29.2 Å². The third kappa shape index (κ3) is 6.45. The summed E-state index contributed by atoms with van der Waals surface area (Å²) in [5.41, 5.74) is 6.54. The highest BCUT2D eigenvalue weighted by molar-refractivity contribution is 9.10. The molecule has 3 N–H and O–H groups in total. The summed E-state index contributed by atoms with van der Waals surface area (Å²) in [5, 5.41) is 2.74. The van der Waals surface area contributed by atoms with Crippen molar-refractivity contribution in [2.24, 2.45) is 5.73 Å². The Hall–Kier alpha value is -3.07. The lowest BCUT2D eigenvalue weighted by atomic mass is 10.1. The Bertz CT molecular complexity index is 947. The number of methoxy groups -OCH3 is 1. The van der Waals surface area contributed by atoms with Crippen molar-refractivity contribution >= 4 is 39.3 Å². The Kier molecular flexibility index (Phi) is 8.87. The van der Waals surface area contributed by atoms with E-state index in [1.165, 1.54) is 19.2 Å². The number of benzene rings is 2. The van der Waals surface area contributed by atoms with Crippen molar-refractivity contribution in [2.75, 3.05) is 32.1 Å². The van der Waals surface area contributed by atoms with Gasteiger partial charge in [0.25, 0.3) is 5.91 Å². The molecule has 0 saturated heterocycles. The zero-order valence-electron chi connectivity index (χ0n) is 17.7. The predicted molar refractivity (Wildman–Crippen MR) is 122 cm³/mol. The van der Waals surface area contributed by atoms with Gasteiger partial charge in [-0.1, -0.05) is 0 Å². The first-order valence-electron chi connectivity index (χ1n) is 9.80. The topological polar surface area (TPSA) is 111 Å². The maximum atomic E-state index is 13.0. The molecule has 2 aromatic carbocycles. The lowest BCUT2D eigenvalue weighted by molar-refractivity contribution is -0.116. The van der Waals surface area contributed by atoms with Crippen LogP contribution in [0.2, 0.25) is 0 Å². The van der Waals surface area contributed by atoms with Crippen molar-refractivity contribution in [2.45, 2.75) is 20.3 Å². The van der Waals surface area contributed by atoms with Crippen LogP contribution in [0.1, 0.15) is 41.0 Å². The van der Waals surface area contributed by atoms with Crippen LogP contribution in [0.5, 0.6) is 11.5 Å². The number of hydrogen-bond acceptors (Lipinski definition) is 5. The van der Waals surface area contributed by atoms with E-state index in [-0.39, 0.29) is 24.8 Å². The van der Waals surface area contributed by atoms with E-state index in [2.05, 4.69) is 21.2 Å². The summed E-state index contributed by atoms with van der Waals surface area (Å²) in [6, 6.07) is 9.59. The van der Waals surface area contributed by atoms with Crippen molar-refractivity contribution in [3.63, 3.8) is 0 Å². The molecule has 0 spiro atoms. The van der Waals surface area contributed by atoms with Gasteiger partial charge in [0.1, 0.15) is 0 Å². The summed E-state index contributed by atoms with van der Waals surface area (Å²) < 4.78 is 11.5. The van der Waals surface area contributed by atoms with E-state index in [0.717, 1.165) is 0 Å². The monoisotopic (exact) mass is 491 g/mol. The average molecular weight is 492 g/mol. The molecule has 2 aromatic rings. The van der Waals surface area contributed by atoms with Crippen molar-refractivity contribution in [1.29, 1.82) is 0 Å². The minimum atomic E-state index is -0.535. The molecule has 0 bridgehead atoms. The van der Waals surface area contributed by atoms with E-state index in [4.69, 9.17) is 15.2 Å². The number of nitrogens with zero attached hydrogens (tertiary/aromatic N) is 1. The van der Waals surface area contributed by atoms with Gasteiger partial charge in [0.2, 0.25) is 11.8 Å². The molecule has 0 atom stereocenters. The summed E-state index contributed by atoms with van der Waals surface area (Å²) in [7, 11) is 1.51. The number of hydrogen-bond donors (Lipinski definition) is 2.